The van der Waals surface area contributed by atoms with E-state index >= 15 is 0 Å². The molecule has 176 valence electrons. The van der Waals surface area contributed by atoms with Gasteiger partial charge in [0, 0.05) is 51.5 Å². The third-order valence-corrected chi connectivity index (χ3v) is 5.64. The van der Waals surface area contributed by atoms with Crippen LogP contribution in [0.25, 0.3) is 0 Å². The fourth-order valence-electron chi connectivity index (χ4n) is 3.70. The Kier molecular flexibility index (Phi) is 12.5. The van der Waals surface area contributed by atoms with Gasteiger partial charge in [0.05, 0.1) is 19.8 Å². The molecule has 1 aromatic carbocycles. The zero-order valence-electron chi connectivity index (χ0n) is 19.6. The van der Waals surface area contributed by atoms with Crippen LogP contribution in [0.5, 0.6) is 0 Å². The van der Waals surface area contributed by atoms with Crippen LogP contribution in [0, 0.1) is 0 Å². The molecule has 0 aliphatic carbocycles. The van der Waals surface area contributed by atoms with Gasteiger partial charge in [-0.15, -0.1) is 0 Å². The first-order valence-corrected chi connectivity index (χ1v) is 11.7. The Balaban J connectivity index is 1.73. The van der Waals surface area contributed by atoms with E-state index < -0.39 is 0 Å². The summed E-state index contributed by atoms with van der Waals surface area (Å²) in [6.45, 7) is 10.2. The van der Waals surface area contributed by atoms with E-state index in [1.54, 1.807) is 7.05 Å². The maximum atomic E-state index is 5.64. The van der Waals surface area contributed by atoms with Crippen LogP contribution >= 0.6 is 0 Å². The van der Waals surface area contributed by atoms with Gasteiger partial charge in [0.1, 0.15) is 0 Å². The van der Waals surface area contributed by atoms with Crippen LogP contribution in [0.4, 0.5) is 0 Å². The lowest BCUT2D eigenvalue weighted by molar-refractivity contribution is 0.0354. The summed E-state index contributed by atoms with van der Waals surface area (Å²) in [5, 5.41) is 10.7. The van der Waals surface area contributed by atoms with E-state index in [-0.39, 0.29) is 11.6 Å². The quantitative estimate of drug-likeness (QED) is 0.237. The van der Waals surface area contributed by atoms with E-state index in [9.17, 15) is 0 Å². The van der Waals surface area contributed by atoms with Gasteiger partial charge in [0.2, 0.25) is 0 Å². The molecule has 0 bridgehead atoms. The number of guanidine groups is 1. The molecule has 1 saturated heterocycles. The van der Waals surface area contributed by atoms with E-state index in [1.807, 2.05) is 0 Å². The summed E-state index contributed by atoms with van der Waals surface area (Å²) in [6.07, 6.45) is 4.20. The van der Waals surface area contributed by atoms with Crippen molar-refractivity contribution in [2.24, 2.45) is 4.99 Å². The summed E-state index contributed by atoms with van der Waals surface area (Å²) in [6, 6.07) is 10.9. The lowest BCUT2D eigenvalue weighted by Crippen LogP contribution is -2.58. The van der Waals surface area contributed by atoms with E-state index in [4.69, 9.17) is 14.2 Å². The first kappa shape index (κ1) is 25.6. The van der Waals surface area contributed by atoms with Crippen molar-refractivity contribution >= 4 is 5.96 Å². The van der Waals surface area contributed by atoms with Crippen LogP contribution in [0.1, 0.15) is 51.1 Å². The van der Waals surface area contributed by atoms with E-state index in [0.717, 1.165) is 58.0 Å². The molecule has 1 aliphatic rings. The van der Waals surface area contributed by atoms with Gasteiger partial charge in [0.15, 0.2) is 5.96 Å². The Morgan fingerprint density at radius 1 is 1.06 bits per heavy atom. The third kappa shape index (κ3) is 9.99. The number of nitrogens with one attached hydrogen (secondary N) is 3. The van der Waals surface area contributed by atoms with Crippen molar-refractivity contribution in [2.45, 2.75) is 51.1 Å². The van der Waals surface area contributed by atoms with Crippen molar-refractivity contribution < 1.29 is 14.2 Å². The highest BCUT2D eigenvalue weighted by atomic mass is 16.5. The summed E-state index contributed by atoms with van der Waals surface area (Å²) in [4.78, 5) is 4.36. The summed E-state index contributed by atoms with van der Waals surface area (Å²) in [5.41, 5.74) is 1.27. The SMILES string of the molecule is CCCCOCCOCCNC(=NC)NCC1(NC(C)c2ccccc2)CCOCC1. The largest absolute Gasteiger partial charge is 0.381 e. The zero-order valence-corrected chi connectivity index (χ0v) is 19.6. The molecule has 0 spiro atoms. The van der Waals surface area contributed by atoms with Crippen molar-refractivity contribution in [3.8, 4) is 0 Å². The van der Waals surface area contributed by atoms with Gasteiger partial charge in [-0.3, -0.25) is 4.99 Å². The van der Waals surface area contributed by atoms with Crippen LogP contribution in [0.2, 0.25) is 0 Å². The van der Waals surface area contributed by atoms with E-state index in [2.05, 4.69) is 65.1 Å². The van der Waals surface area contributed by atoms with Crippen LogP contribution in [-0.4, -0.2) is 71.3 Å². The van der Waals surface area contributed by atoms with Crippen LogP contribution < -0.4 is 16.0 Å². The smallest absolute Gasteiger partial charge is 0.191 e. The molecule has 1 fully saturated rings. The fourth-order valence-corrected chi connectivity index (χ4v) is 3.70. The molecule has 0 aromatic heterocycles. The Morgan fingerprint density at radius 2 is 1.77 bits per heavy atom. The number of rotatable bonds is 14. The summed E-state index contributed by atoms with van der Waals surface area (Å²) >= 11 is 0. The molecule has 1 heterocycles. The number of ether oxygens (including phenoxy) is 3. The highest BCUT2D eigenvalue weighted by molar-refractivity contribution is 5.79. The molecule has 0 amide bonds. The number of benzene rings is 1. The molecule has 0 radical (unpaired) electrons. The van der Waals surface area contributed by atoms with Gasteiger partial charge >= 0.3 is 0 Å². The van der Waals surface area contributed by atoms with Gasteiger partial charge in [-0.2, -0.15) is 0 Å². The van der Waals surface area contributed by atoms with Crippen molar-refractivity contribution in [1.29, 1.82) is 0 Å². The molecule has 1 unspecified atom stereocenters. The number of unbranched alkanes of at least 4 members (excludes halogenated alkanes) is 1. The van der Waals surface area contributed by atoms with Gasteiger partial charge in [-0.1, -0.05) is 43.7 Å². The van der Waals surface area contributed by atoms with Gasteiger partial charge in [-0.05, 0) is 31.7 Å². The first-order valence-electron chi connectivity index (χ1n) is 11.7. The lowest BCUT2D eigenvalue weighted by Gasteiger charge is -2.41. The molecule has 2 rings (SSSR count). The predicted octanol–water partition coefficient (Wildman–Crippen LogP) is 2.88. The molecule has 7 heteroatoms. The van der Waals surface area contributed by atoms with E-state index in [1.165, 1.54) is 5.56 Å². The average molecular weight is 435 g/mol. The third-order valence-electron chi connectivity index (χ3n) is 5.64. The molecular weight excluding hydrogens is 392 g/mol. The van der Waals surface area contributed by atoms with Gasteiger partial charge < -0.3 is 30.2 Å². The second kappa shape index (κ2) is 15.2. The Hall–Kier alpha value is -1.67. The van der Waals surface area contributed by atoms with E-state index in [0.29, 0.717) is 26.4 Å². The molecule has 7 nitrogen and oxygen atoms in total. The molecule has 1 atom stereocenters. The van der Waals surface area contributed by atoms with Crippen LogP contribution in [0.3, 0.4) is 0 Å². The summed E-state index contributed by atoms with van der Waals surface area (Å²) in [5.74, 6) is 0.794. The minimum Gasteiger partial charge on any atom is -0.381 e. The molecule has 1 aromatic rings. The minimum absolute atomic E-state index is 0.0303. The predicted molar refractivity (Wildman–Crippen MR) is 127 cm³/mol. The zero-order chi connectivity index (χ0) is 22.2. The average Bonchev–Trinajstić information content (AvgIpc) is 2.81. The van der Waals surface area contributed by atoms with Crippen molar-refractivity contribution in [2.75, 3.05) is 59.8 Å². The van der Waals surface area contributed by atoms with Crippen molar-refractivity contribution in [3.05, 3.63) is 35.9 Å². The Morgan fingerprint density at radius 3 is 2.45 bits per heavy atom. The second-order valence-electron chi connectivity index (χ2n) is 8.10. The summed E-state index contributed by atoms with van der Waals surface area (Å²) < 4.78 is 16.8. The van der Waals surface area contributed by atoms with Crippen LogP contribution in [0.15, 0.2) is 35.3 Å². The topological polar surface area (TPSA) is 76.1 Å². The van der Waals surface area contributed by atoms with Gasteiger partial charge in [-0.25, -0.2) is 0 Å². The number of nitrogens with zero attached hydrogens (tertiary/aromatic N) is 1. The number of aliphatic imine (C=N–C) groups is 1. The Labute approximate surface area is 188 Å². The highest BCUT2D eigenvalue weighted by Crippen LogP contribution is 2.25. The maximum absolute atomic E-state index is 5.64. The maximum Gasteiger partial charge on any atom is 0.191 e. The second-order valence-corrected chi connectivity index (χ2v) is 8.10. The van der Waals surface area contributed by atoms with Gasteiger partial charge in [0.25, 0.3) is 0 Å². The molecule has 31 heavy (non-hydrogen) atoms. The normalized spacial score (nSPS) is 17.3. The highest BCUT2D eigenvalue weighted by Gasteiger charge is 2.34. The molecule has 1 aliphatic heterocycles. The lowest BCUT2D eigenvalue weighted by atomic mass is 9.88. The molecule has 3 N–H and O–H groups in total. The molecular formula is C24H42N4O3. The first-order chi connectivity index (χ1) is 15.2. The van der Waals surface area contributed by atoms with Crippen LogP contribution in [-0.2, 0) is 14.2 Å². The fraction of sp³-hybridized carbons (Fsp3) is 0.708. The molecule has 0 saturated carbocycles. The van der Waals surface area contributed by atoms with Crippen molar-refractivity contribution in [1.82, 2.24) is 16.0 Å². The Bertz CT molecular complexity index is 606. The standard InChI is InChI=1S/C24H42N4O3/c1-4-5-14-29-18-19-31-17-13-26-23(25-3)27-20-24(11-15-30-16-12-24)28-21(2)22-9-7-6-8-10-22/h6-10,21,28H,4-5,11-20H2,1-3H3,(H2,25,26,27). The monoisotopic (exact) mass is 434 g/mol. The summed E-state index contributed by atoms with van der Waals surface area (Å²) in [7, 11) is 1.80. The minimum atomic E-state index is -0.0303. The number of hydrogen-bond acceptors (Lipinski definition) is 5. The number of hydrogen-bond donors (Lipinski definition) is 3. The van der Waals surface area contributed by atoms with Crippen molar-refractivity contribution in [3.63, 3.8) is 0 Å².